The highest BCUT2D eigenvalue weighted by Crippen LogP contribution is 2.39. The van der Waals surface area contributed by atoms with E-state index in [9.17, 15) is 0 Å². The van der Waals surface area contributed by atoms with Crippen LogP contribution in [0.2, 0.25) is 0 Å². The van der Waals surface area contributed by atoms with Crippen molar-refractivity contribution in [3.05, 3.63) is 46.5 Å². The highest BCUT2D eigenvalue weighted by Gasteiger charge is 2.15. The number of benzene rings is 2. The lowest BCUT2D eigenvalue weighted by molar-refractivity contribution is 0.397. The Hall–Kier alpha value is -0.960. The maximum atomic E-state index is 5.79. The van der Waals surface area contributed by atoms with E-state index < -0.39 is 0 Å². The molecule has 0 atom stereocenters. The second-order valence-corrected chi connectivity index (χ2v) is 11.3. The van der Waals surface area contributed by atoms with Crippen LogP contribution in [0.15, 0.2) is 24.3 Å². The van der Waals surface area contributed by atoms with Crippen molar-refractivity contribution >= 4 is 47.0 Å². The molecular weight excluding hydrogens is 457 g/mol. The van der Waals surface area contributed by atoms with Gasteiger partial charge in [-0.2, -0.15) is 0 Å². The summed E-state index contributed by atoms with van der Waals surface area (Å²) in [4.78, 5) is 0. The van der Waals surface area contributed by atoms with E-state index in [4.69, 9.17) is 18.9 Å². The Balaban J connectivity index is 1.84. The Bertz CT molecular complexity index is 720. The molecule has 8 heteroatoms. The smallest absolute Gasteiger partial charge is 0.127 e. The molecule has 0 aliphatic carbocycles. The number of hydrogen-bond donors (Lipinski definition) is 0. The molecule has 1 heterocycles. The SMILES string of the molecule is COc1cc2c(OC)c(c1)CSCSCc1cc(OC)cc(c1OC)CSCSC2. The third kappa shape index (κ3) is 6.05. The van der Waals surface area contributed by atoms with Gasteiger partial charge >= 0.3 is 0 Å². The molecule has 30 heavy (non-hydrogen) atoms. The van der Waals surface area contributed by atoms with E-state index in [1.165, 1.54) is 22.3 Å². The number of fused-ring (bicyclic) bond motifs is 4. The molecule has 0 spiro atoms. The molecule has 0 N–H and O–H groups in total. The summed E-state index contributed by atoms with van der Waals surface area (Å²) in [7, 11) is 6.97. The first-order valence-electron chi connectivity index (χ1n) is 9.48. The second-order valence-electron chi connectivity index (χ2n) is 6.59. The number of rotatable bonds is 4. The zero-order valence-electron chi connectivity index (χ0n) is 17.8. The van der Waals surface area contributed by atoms with Crippen molar-refractivity contribution in [1.29, 1.82) is 0 Å². The van der Waals surface area contributed by atoms with E-state index in [0.29, 0.717) is 0 Å². The average Bonchev–Trinajstić information content (AvgIpc) is 2.77. The zero-order chi connectivity index (χ0) is 21.3. The Labute approximate surface area is 196 Å². The zero-order valence-corrected chi connectivity index (χ0v) is 21.1. The molecule has 1 aliphatic heterocycles. The summed E-state index contributed by atoms with van der Waals surface area (Å²) in [6, 6.07) is 8.39. The van der Waals surface area contributed by atoms with Crippen LogP contribution in [0.3, 0.4) is 0 Å². The predicted molar refractivity (Wildman–Crippen MR) is 134 cm³/mol. The highest BCUT2D eigenvalue weighted by molar-refractivity contribution is 8.15. The van der Waals surface area contributed by atoms with Gasteiger partial charge in [0.25, 0.3) is 0 Å². The maximum Gasteiger partial charge on any atom is 0.127 e. The van der Waals surface area contributed by atoms with Crippen LogP contribution in [0.4, 0.5) is 0 Å². The lowest BCUT2D eigenvalue weighted by Crippen LogP contribution is -2.00. The summed E-state index contributed by atoms with van der Waals surface area (Å²) in [5.41, 5.74) is 4.77. The summed E-state index contributed by atoms with van der Waals surface area (Å²) in [6.07, 6.45) is 0. The normalized spacial score (nSPS) is 15.3. The Morgan fingerprint density at radius 1 is 0.500 bits per heavy atom. The van der Waals surface area contributed by atoms with Crippen molar-refractivity contribution in [3.63, 3.8) is 0 Å². The summed E-state index contributed by atoms with van der Waals surface area (Å²) < 4.78 is 22.7. The van der Waals surface area contributed by atoms with E-state index in [0.717, 1.165) is 56.2 Å². The van der Waals surface area contributed by atoms with Crippen LogP contribution >= 0.6 is 47.0 Å². The molecular formula is C22H28O4S4. The second kappa shape index (κ2) is 12.2. The van der Waals surface area contributed by atoms with Gasteiger partial charge in [0.05, 0.1) is 28.4 Å². The molecule has 164 valence electrons. The van der Waals surface area contributed by atoms with Gasteiger partial charge in [0.1, 0.15) is 23.0 Å². The molecule has 4 bridgehead atoms. The van der Waals surface area contributed by atoms with Crippen LogP contribution in [0, 0.1) is 0 Å². The summed E-state index contributed by atoms with van der Waals surface area (Å²) in [5.74, 6) is 7.34. The highest BCUT2D eigenvalue weighted by atomic mass is 32.2. The summed E-state index contributed by atoms with van der Waals surface area (Å²) in [6.45, 7) is 0. The van der Waals surface area contributed by atoms with Crippen molar-refractivity contribution < 1.29 is 18.9 Å². The average molecular weight is 485 g/mol. The quantitative estimate of drug-likeness (QED) is 0.502. The van der Waals surface area contributed by atoms with Gasteiger partial charge in [-0.1, -0.05) is 0 Å². The molecule has 4 nitrogen and oxygen atoms in total. The molecule has 0 amide bonds. The van der Waals surface area contributed by atoms with Gasteiger partial charge in [-0.05, 0) is 24.3 Å². The minimum absolute atomic E-state index is 0.889. The molecule has 2 aromatic carbocycles. The first kappa shape index (κ1) is 23.7. The van der Waals surface area contributed by atoms with Crippen LogP contribution in [0.25, 0.3) is 0 Å². The van der Waals surface area contributed by atoms with Crippen molar-refractivity contribution in [2.45, 2.75) is 23.0 Å². The molecule has 2 aromatic rings. The monoisotopic (exact) mass is 484 g/mol. The standard InChI is InChI=1S/C22H28O4S4/c1-23-19-5-15-9-27-13-29-11-17-7-20(24-2)8-18(22(17)26-4)12-30-14-28-10-16(6-19)21(15)25-3/h5-8H,9-14H2,1-4H3. The number of methoxy groups -OCH3 is 4. The molecule has 3 rings (SSSR count). The van der Waals surface area contributed by atoms with Gasteiger partial charge in [-0.3, -0.25) is 0 Å². The number of thioether (sulfide) groups is 4. The van der Waals surface area contributed by atoms with Crippen LogP contribution in [-0.2, 0) is 23.0 Å². The largest absolute Gasteiger partial charge is 0.497 e. The summed E-state index contributed by atoms with van der Waals surface area (Å²) >= 11 is 7.57. The lowest BCUT2D eigenvalue weighted by atomic mass is 10.1. The van der Waals surface area contributed by atoms with Gasteiger partial charge in [-0.25, -0.2) is 0 Å². The Morgan fingerprint density at radius 3 is 1.03 bits per heavy atom. The van der Waals surface area contributed by atoms with E-state index in [2.05, 4.69) is 24.3 Å². The maximum absolute atomic E-state index is 5.79. The van der Waals surface area contributed by atoms with Gasteiger partial charge in [0.15, 0.2) is 0 Å². The third-order valence-corrected chi connectivity index (χ3v) is 9.40. The van der Waals surface area contributed by atoms with Gasteiger partial charge in [0, 0.05) is 55.4 Å². The first-order valence-corrected chi connectivity index (χ1v) is 14.1. The van der Waals surface area contributed by atoms with Crippen molar-refractivity contribution in [2.75, 3.05) is 38.6 Å². The molecule has 0 radical (unpaired) electrons. The predicted octanol–water partition coefficient (Wildman–Crippen LogP) is 6.28. The summed E-state index contributed by atoms with van der Waals surface area (Å²) in [5, 5.41) is 1.96. The fourth-order valence-electron chi connectivity index (χ4n) is 3.36. The number of ether oxygens (including phenoxy) is 4. The molecule has 1 aliphatic rings. The molecule has 0 fully saturated rings. The van der Waals surface area contributed by atoms with E-state index >= 15 is 0 Å². The van der Waals surface area contributed by atoms with Crippen LogP contribution in [0.1, 0.15) is 22.3 Å². The number of hydrogen-bond acceptors (Lipinski definition) is 8. The van der Waals surface area contributed by atoms with Crippen molar-refractivity contribution in [1.82, 2.24) is 0 Å². The van der Waals surface area contributed by atoms with Gasteiger partial charge in [-0.15, -0.1) is 47.0 Å². The molecule has 0 saturated carbocycles. The van der Waals surface area contributed by atoms with E-state index in [1.807, 2.05) is 47.0 Å². The van der Waals surface area contributed by atoms with E-state index in [-0.39, 0.29) is 0 Å². The van der Waals surface area contributed by atoms with Crippen LogP contribution in [-0.4, -0.2) is 38.6 Å². The molecule has 0 unspecified atom stereocenters. The van der Waals surface area contributed by atoms with Crippen LogP contribution < -0.4 is 18.9 Å². The van der Waals surface area contributed by atoms with Gasteiger partial charge in [0.2, 0.25) is 0 Å². The third-order valence-electron chi connectivity index (χ3n) is 4.68. The van der Waals surface area contributed by atoms with Crippen molar-refractivity contribution in [3.8, 4) is 23.0 Å². The Kier molecular flexibility index (Phi) is 9.62. The first-order chi connectivity index (χ1) is 14.7. The Morgan fingerprint density at radius 2 is 0.800 bits per heavy atom. The van der Waals surface area contributed by atoms with Gasteiger partial charge < -0.3 is 18.9 Å². The fraction of sp³-hybridized carbons (Fsp3) is 0.455. The topological polar surface area (TPSA) is 36.9 Å². The molecule has 0 saturated heterocycles. The van der Waals surface area contributed by atoms with E-state index in [1.54, 1.807) is 28.4 Å². The van der Waals surface area contributed by atoms with Crippen LogP contribution in [0.5, 0.6) is 23.0 Å². The van der Waals surface area contributed by atoms with Crippen molar-refractivity contribution in [2.24, 2.45) is 0 Å². The minimum atomic E-state index is 0.889. The minimum Gasteiger partial charge on any atom is -0.497 e. The fourth-order valence-corrected chi connectivity index (χ4v) is 7.37. The molecule has 0 aromatic heterocycles. The lowest BCUT2D eigenvalue weighted by Gasteiger charge is -2.17.